The van der Waals surface area contributed by atoms with Gasteiger partial charge >= 0.3 is 0 Å². The minimum Gasteiger partial charge on any atom is -0.306 e. The third-order valence-corrected chi connectivity index (χ3v) is 3.62. The lowest BCUT2D eigenvalue weighted by Gasteiger charge is -2.22. The Morgan fingerprint density at radius 2 is 1.75 bits per heavy atom. The maximum absolute atomic E-state index is 14.0. The van der Waals surface area contributed by atoms with Crippen molar-refractivity contribution < 1.29 is 8.78 Å². The minimum absolute atomic E-state index is 0.182. The molecule has 0 aliphatic carbocycles. The third-order valence-electron chi connectivity index (χ3n) is 2.97. The van der Waals surface area contributed by atoms with Gasteiger partial charge in [0.1, 0.15) is 11.6 Å². The summed E-state index contributed by atoms with van der Waals surface area (Å²) in [7, 11) is 0. The van der Waals surface area contributed by atoms with E-state index in [0.29, 0.717) is 22.2 Å². The van der Waals surface area contributed by atoms with E-state index >= 15 is 0 Å². The number of nitrogens with one attached hydrogen (secondary N) is 1. The zero-order chi connectivity index (χ0) is 14.7. The van der Waals surface area contributed by atoms with Crippen LogP contribution in [-0.2, 0) is 0 Å². The first-order valence-electron chi connectivity index (χ1n) is 6.16. The Morgan fingerprint density at radius 1 is 1.10 bits per heavy atom. The second-order valence-electron chi connectivity index (χ2n) is 4.29. The van der Waals surface area contributed by atoms with Crippen LogP contribution in [0.25, 0.3) is 0 Å². The lowest BCUT2D eigenvalue weighted by atomic mass is 9.97. The average Bonchev–Trinajstić information content (AvgIpc) is 2.40. The summed E-state index contributed by atoms with van der Waals surface area (Å²) in [6, 6.07) is 7.78. The lowest BCUT2D eigenvalue weighted by Crippen LogP contribution is -2.24. The molecule has 0 bridgehead atoms. The number of halogens is 4. The number of rotatable bonds is 4. The van der Waals surface area contributed by atoms with Gasteiger partial charge in [0.05, 0.1) is 6.04 Å². The highest BCUT2D eigenvalue weighted by molar-refractivity contribution is 6.36. The van der Waals surface area contributed by atoms with E-state index in [4.69, 9.17) is 23.2 Å². The third kappa shape index (κ3) is 3.11. The molecule has 2 aromatic rings. The van der Waals surface area contributed by atoms with Crippen LogP contribution in [0.4, 0.5) is 8.78 Å². The second kappa shape index (κ2) is 6.53. The van der Waals surface area contributed by atoms with Crippen molar-refractivity contribution in [3.63, 3.8) is 0 Å². The van der Waals surface area contributed by atoms with Crippen LogP contribution in [0.1, 0.15) is 24.1 Å². The van der Waals surface area contributed by atoms with E-state index in [0.717, 1.165) is 18.2 Å². The topological polar surface area (TPSA) is 12.0 Å². The lowest BCUT2D eigenvalue weighted by molar-refractivity contribution is 0.545. The summed E-state index contributed by atoms with van der Waals surface area (Å²) in [6.07, 6.45) is 0. The maximum Gasteiger partial charge on any atom is 0.128 e. The fourth-order valence-corrected chi connectivity index (χ4v) is 2.71. The first-order chi connectivity index (χ1) is 9.54. The minimum atomic E-state index is -0.600. The summed E-state index contributed by atoms with van der Waals surface area (Å²) in [5.74, 6) is -1.01. The fourth-order valence-electron chi connectivity index (χ4n) is 2.09. The molecule has 0 aliphatic rings. The molecule has 0 radical (unpaired) electrons. The van der Waals surface area contributed by atoms with Crippen molar-refractivity contribution in [1.29, 1.82) is 0 Å². The average molecular weight is 316 g/mol. The molecule has 20 heavy (non-hydrogen) atoms. The molecule has 0 saturated carbocycles. The molecular formula is C15H13Cl2F2N. The molecule has 0 saturated heterocycles. The van der Waals surface area contributed by atoms with E-state index in [9.17, 15) is 8.78 Å². The predicted octanol–water partition coefficient (Wildman–Crippen LogP) is 4.97. The molecule has 0 fully saturated rings. The van der Waals surface area contributed by atoms with Gasteiger partial charge in [-0.15, -0.1) is 0 Å². The first kappa shape index (κ1) is 15.2. The van der Waals surface area contributed by atoms with Crippen molar-refractivity contribution in [3.05, 3.63) is 69.2 Å². The molecule has 0 amide bonds. The first-order valence-corrected chi connectivity index (χ1v) is 6.92. The van der Waals surface area contributed by atoms with Crippen molar-refractivity contribution in [1.82, 2.24) is 5.32 Å². The summed E-state index contributed by atoms with van der Waals surface area (Å²) in [5.41, 5.74) is 0.726. The van der Waals surface area contributed by atoms with Gasteiger partial charge in [-0.3, -0.25) is 0 Å². The van der Waals surface area contributed by atoms with E-state index in [2.05, 4.69) is 5.32 Å². The normalized spacial score (nSPS) is 12.4. The van der Waals surface area contributed by atoms with Gasteiger partial charge in [0.15, 0.2) is 0 Å². The maximum atomic E-state index is 14.0. The second-order valence-corrected chi connectivity index (χ2v) is 5.11. The molecule has 0 spiro atoms. The molecule has 1 atom stereocenters. The van der Waals surface area contributed by atoms with Crippen LogP contribution in [-0.4, -0.2) is 6.54 Å². The molecular weight excluding hydrogens is 303 g/mol. The van der Waals surface area contributed by atoms with Crippen molar-refractivity contribution in [2.45, 2.75) is 13.0 Å². The summed E-state index contributed by atoms with van der Waals surface area (Å²) in [6.45, 7) is 2.43. The van der Waals surface area contributed by atoms with Gasteiger partial charge in [0.25, 0.3) is 0 Å². The van der Waals surface area contributed by atoms with Gasteiger partial charge in [-0.1, -0.05) is 36.2 Å². The summed E-state index contributed by atoms with van der Waals surface area (Å²) >= 11 is 12.3. The Bertz CT molecular complexity index is 597. The Labute approximate surface area is 126 Å². The van der Waals surface area contributed by atoms with Gasteiger partial charge in [-0.25, -0.2) is 8.78 Å². The number of hydrogen-bond acceptors (Lipinski definition) is 1. The fraction of sp³-hybridized carbons (Fsp3) is 0.200. The highest BCUT2D eigenvalue weighted by Gasteiger charge is 2.22. The zero-order valence-electron chi connectivity index (χ0n) is 10.8. The van der Waals surface area contributed by atoms with Gasteiger partial charge in [0, 0.05) is 21.2 Å². The van der Waals surface area contributed by atoms with Crippen molar-refractivity contribution >= 4 is 23.2 Å². The largest absolute Gasteiger partial charge is 0.306 e. The van der Waals surface area contributed by atoms with Gasteiger partial charge in [-0.05, 0) is 36.9 Å². The van der Waals surface area contributed by atoms with Gasteiger partial charge in [0.2, 0.25) is 0 Å². The molecule has 2 rings (SSSR count). The zero-order valence-corrected chi connectivity index (χ0v) is 12.3. The predicted molar refractivity (Wildman–Crippen MR) is 78.3 cm³/mol. The Hall–Kier alpha value is -1.16. The standard InChI is InChI=1S/C15H13Cl2F2N/c1-2-20-15(10-8-9(18)6-7-13(10)19)14-11(16)4-3-5-12(14)17/h3-8,15,20H,2H2,1H3. The summed E-state index contributed by atoms with van der Waals surface area (Å²) in [4.78, 5) is 0. The van der Waals surface area contributed by atoms with Crippen LogP contribution in [0.3, 0.4) is 0 Å². The molecule has 2 aromatic carbocycles. The number of benzene rings is 2. The Morgan fingerprint density at radius 3 is 2.35 bits per heavy atom. The van der Waals surface area contributed by atoms with Crippen LogP contribution in [0.5, 0.6) is 0 Å². The van der Waals surface area contributed by atoms with Gasteiger partial charge in [-0.2, -0.15) is 0 Å². The Kier molecular flexibility index (Phi) is 4.97. The van der Waals surface area contributed by atoms with E-state index in [1.54, 1.807) is 18.2 Å². The number of hydrogen-bond donors (Lipinski definition) is 1. The highest BCUT2D eigenvalue weighted by atomic mass is 35.5. The van der Waals surface area contributed by atoms with Crippen LogP contribution in [0.15, 0.2) is 36.4 Å². The molecule has 106 valence electrons. The highest BCUT2D eigenvalue weighted by Crippen LogP contribution is 2.35. The van der Waals surface area contributed by atoms with Crippen molar-refractivity contribution in [3.8, 4) is 0 Å². The van der Waals surface area contributed by atoms with Crippen LogP contribution in [0, 0.1) is 11.6 Å². The quantitative estimate of drug-likeness (QED) is 0.840. The monoisotopic (exact) mass is 315 g/mol. The van der Waals surface area contributed by atoms with Crippen molar-refractivity contribution in [2.24, 2.45) is 0 Å². The van der Waals surface area contributed by atoms with E-state index in [1.165, 1.54) is 0 Å². The van der Waals surface area contributed by atoms with Crippen LogP contribution in [0.2, 0.25) is 10.0 Å². The molecule has 0 aliphatic heterocycles. The molecule has 0 aromatic heterocycles. The molecule has 5 heteroatoms. The van der Waals surface area contributed by atoms with E-state index in [-0.39, 0.29) is 5.56 Å². The van der Waals surface area contributed by atoms with Crippen LogP contribution >= 0.6 is 23.2 Å². The molecule has 0 heterocycles. The molecule has 1 unspecified atom stereocenters. The van der Waals surface area contributed by atoms with Crippen LogP contribution < -0.4 is 5.32 Å². The summed E-state index contributed by atoms with van der Waals surface area (Å²) in [5, 5.41) is 3.91. The van der Waals surface area contributed by atoms with E-state index in [1.807, 2.05) is 6.92 Å². The SMILES string of the molecule is CCNC(c1cc(F)ccc1F)c1c(Cl)cccc1Cl. The molecule has 1 N–H and O–H groups in total. The summed E-state index contributed by atoms with van der Waals surface area (Å²) < 4.78 is 27.4. The smallest absolute Gasteiger partial charge is 0.128 e. The van der Waals surface area contributed by atoms with Gasteiger partial charge < -0.3 is 5.32 Å². The van der Waals surface area contributed by atoms with Crippen molar-refractivity contribution in [2.75, 3.05) is 6.54 Å². The van der Waals surface area contributed by atoms with E-state index < -0.39 is 17.7 Å². The Balaban J connectivity index is 2.59. The molecule has 1 nitrogen and oxygen atoms in total.